The third-order valence-corrected chi connectivity index (χ3v) is 8.94. The molecule has 0 radical (unpaired) electrons. The van der Waals surface area contributed by atoms with Crippen molar-refractivity contribution in [2.45, 2.75) is 63.4 Å². The average molecular weight is 649 g/mol. The number of fused-ring (bicyclic) bond motifs is 1. The molecule has 1 unspecified atom stereocenters. The van der Waals surface area contributed by atoms with Gasteiger partial charge in [0.15, 0.2) is 29.6 Å². The molecule has 1 aliphatic rings. The van der Waals surface area contributed by atoms with E-state index in [-0.39, 0.29) is 10.3 Å². The summed E-state index contributed by atoms with van der Waals surface area (Å²) >= 11 is 5.57. The Bertz CT molecular complexity index is 1600. The van der Waals surface area contributed by atoms with Crippen LogP contribution >= 0.6 is 6.64 Å². The number of ether oxygens (including phenoxy) is 2. The van der Waals surface area contributed by atoms with E-state index in [9.17, 15) is 27.9 Å². The number of alkyl halides is 3. The average Bonchev–Trinajstić information content (AvgIpc) is 3.19. The molecule has 11 nitrogen and oxygen atoms in total. The first-order chi connectivity index (χ1) is 20.2. The number of hydrogen-bond donors (Lipinski definition) is 3. The molecule has 0 saturated carbocycles. The standard InChI is InChI=1S/C26H29F4N4O7PS/c1-13(2)39-23(36)14(3)33-42(43,41-17-9-8-15-6-4-5-7-16(15)10-17)38-12-26(24(29)30)20(35)19(28)22(40-26)34-11-18(27)21(31)32-25(34)37/h4-11,13-14,19-20,22,24,35H,12H2,1-3H3,(H,33,43)(H2,31,32,37)/t14-,19+,20-,22+,26+,42?/m0/s1. The Morgan fingerprint density at radius 2 is 1.93 bits per heavy atom. The molecule has 17 heteroatoms. The molecule has 0 aliphatic carbocycles. The Morgan fingerprint density at radius 1 is 1.26 bits per heavy atom. The van der Waals surface area contributed by atoms with Crippen molar-refractivity contribution in [1.82, 2.24) is 14.6 Å². The lowest BCUT2D eigenvalue weighted by atomic mass is 9.97. The largest absolute Gasteiger partial charge is 0.462 e. The van der Waals surface area contributed by atoms with Crippen molar-refractivity contribution in [3.05, 3.63) is 65.0 Å². The van der Waals surface area contributed by atoms with Gasteiger partial charge in [0.1, 0.15) is 17.9 Å². The first kappa shape index (κ1) is 32.8. The molecule has 4 N–H and O–H groups in total. The molecule has 1 fully saturated rings. The molecule has 0 amide bonds. The van der Waals surface area contributed by atoms with Crippen LogP contribution in [-0.2, 0) is 30.6 Å². The molecule has 1 saturated heterocycles. The molecule has 0 bridgehead atoms. The SMILES string of the molecule is CC(C)OC(=O)[C@H](C)NP(=S)(OC[C@@]1(C(F)F)O[C@@H](n2cc(F)c(N)nc2=O)[C@H](F)[C@@H]1O)Oc1ccc2ccccc2c1. The van der Waals surface area contributed by atoms with Crippen molar-refractivity contribution >= 4 is 41.0 Å². The summed E-state index contributed by atoms with van der Waals surface area (Å²) in [5, 5.41) is 14.9. The highest BCUT2D eigenvalue weighted by Crippen LogP contribution is 2.50. The van der Waals surface area contributed by atoms with Gasteiger partial charge >= 0.3 is 18.3 Å². The third kappa shape index (κ3) is 7.00. The molecule has 2 heterocycles. The summed E-state index contributed by atoms with van der Waals surface area (Å²) in [6.45, 7) is -0.649. The van der Waals surface area contributed by atoms with Crippen molar-refractivity contribution in [3.8, 4) is 5.75 Å². The number of carbonyl (C=O) groups is 1. The minimum atomic E-state index is -3.99. The van der Waals surface area contributed by atoms with Crippen LogP contribution < -0.4 is 21.0 Å². The number of aromatic nitrogens is 2. The van der Waals surface area contributed by atoms with E-state index in [4.69, 9.17) is 36.1 Å². The zero-order chi connectivity index (χ0) is 31.7. The second-order valence-corrected chi connectivity index (χ2v) is 13.2. The van der Waals surface area contributed by atoms with Crippen molar-refractivity contribution < 1.29 is 46.0 Å². The molecular formula is C26H29F4N4O7PS. The second-order valence-electron chi connectivity index (χ2n) is 10.0. The highest BCUT2D eigenvalue weighted by molar-refractivity contribution is 8.09. The number of rotatable bonds is 11. The zero-order valence-electron chi connectivity index (χ0n) is 23.0. The van der Waals surface area contributed by atoms with Crippen molar-refractivity contribution in [3.63, 3.8) is 0 Å². The highest BCUT2D eigenvalue weighted by atomic mass is 32.5. The van der Waals surface area contributed by atoms with Gasteiger partial charge in [0, 0.05) is 0 Å². The van der Waals surface area contributed by atoms with Gasteiger partial charge < -0.3 is 29.4 Å². The minimum Gasteiger partial charge on any atom is -0.462 e. The van der Waals surface area contributed by atoms with Crippen LogP contribution in [0.2, 0.25) is 0 Å². The van der Waals surface area contributed by atoms with Gasteiger partial charge in [-0.15, -0.1) is 0 Å². The maximum absolute atomic E-state index is 15.3. The Hall–Kier alpha value is -3.14. The zero-order valence-corrected chi connectivity index (χ0v) is 24.7. The lowest BCUT2D eigenvalue weighted by molar-refractivity contribution is -0.192. The predicted octanol–water partition coefficient (Wildman–Crippen LogP) is 3.60. The summed E-state index contributed by atoms with van der Waals surface area (Å²) in [5.74, 6) is -2.66. The van der Waals surface area contributed by atoms with Crippen molar-refractivity contribution in [2.75, 3.05) is 12.3 Å². The molecule has 6 atom stereocenters. The number of esters is 1. The van der Waals surface area contributed by atoms with Gasteiger partial charge in [-0.25, -0.2) is 27.4 Å². The second kappa shape index (κ2) is 12.8. The van der Waals surface area contributed by atoms with Gasteiger partial charge in [0.05, 0.1) is 18.9 Å². The fourth-order valence-electron chi connectivity index (χ4n) is 4.26. The summed E-state index contributed by atoms with van der Waals surface area (Å²) in [5.41, 5.74) is 0.823. The van der Waals surface area contributed by atoms with Crippen LogP contribution in [-0.4, -0.2) is 63.7 Å². The van der Waals surface area contributed by atoms with E-state index in [1.807, 2.05) is 12.1 Å². The Morgan fingerprint density at radius 3 is 2.58 bits per heavy atom. The van der Waals surface area contributed by atoms with Gasteiger partial charge in [0.25, 0.3) is 6.43 Å². The van der Waals surface area contributed by atoms with Crippen molar-refractivity contribution in [1.29, 1.82) is 0 Å². The van der Waals surface area contributed by atoms with Gasteiger partial charge in [-0.05, 0) is 55.5 Å². The van der Waals surface area contributed by atoms with Crippen molar-refractivity contribution in [2.24, 2.45) is 0 Å². The molecule has 1 aliphatic heterocycles. The molecular weight excluding hydrogens is 619 g/mol. The maximum atomic E-state index is 15.3. The summed E-state index contributed by atoms with van der Waals surface area (Å²) in [6.07, 6.45) is -11.1. The van der Waals surface area contributed by atoms with Gasteiger partial charge in [-0.1, -0.05) is 30.3 Å². The number of benzene rings is 2. The lowest BCUT2D eigenvalue weighted by Crippen LogP contribution is -2.52. The van der Waals surface area contributed by atoms with E-state index in [1.54, 1.807) is 38.1 Å². The number of nitrogens with two attached hydrogens (primary N) is 1. The fraction of sp³-hybridized carbons (Fsp3) is 0.423. The van der Waals surface area contributed by atoms with E-state index in [1.165, 1.54) is 13.0 Å². The molecule has 0 spiro atoms. The molecule has 2 aromatic carbocycles. The number of hydrogen-bond acceptors (Lipinski definition) is 10. The van der Waals surface area contributed by atoms with Crippen LogP contribution in [0.25, 0.3) is 10.8 Å². The molecule has 3 aromatic rings. The topological polar surface area (TPSA) is 147 Å². The summed E-state index contributed by atoms with van der Waals surface area (Å²) in [4.78, 5) is 28.0. The smallest absolute Gasteiger partial charge is 0.351 e. The van der Waals surface area contributed by atoms with Gasteiger partial charge in [-0.3, -0.25) is 9.36 Å². The van der Waals surface area contributed by atoms with Crippen LogP contribution in [0, 0.1) is 5.82 Å². The van der Waals surface area contributed by atoms with Crippen LogP contribution in [0.5, 0.6) is 5.75 Å². The van der Waals surface area contributed by atoms with E-state index in [0.29, 0.717) is 6.20 Å². The first-order valence-electron chi connectivity index (χ1n) is 12.9. The third-order valence-electron chi connectivity index (χ3n) is 6.46. The number of nitrogen functional groups attached to an aromatic ring is 1. The number of anilines is 1. The van der Waals surface area contributed by atoms with Crippen LogP contribution in [0.3, 0.4) is 0 Å². The Balaban J connectivity index is 1.66. The van der Waals surface area contributed by atoms with Crippen LogP contribution in [0.1, 0.15) is 27.0 Å². The van der Waals surface area contributed by atoms with Crippen LogP contribution in [0.4, 0.5) is 23.4 Å². The number of carbonyl (C=O) groups excluding carboxylic acids is 1. The van der Waals surface area contributed by atoms with E-state index in [2.05, 4.69) is 10.1 Å². The number of halogens is 4. The molecule has 234 valence electrons. The molecule has 4 rings (SSSR count). The van der Waals surface area contributed by atoms with Gasteiger partial charge in [-0.2, -0.15) is 4.98 Å². The number of aliphatic hydroxyl groups excluding tert-OH is 1. The summed E-state index contributed by atoms with van der Waals surface area (Å²) in [6, 6.07) is 10.9. The summed E-state index contributed by atoms with van der Waals surface area (Å²) < 4.78 is 80.7. The predicted molar refractivity (Wildman–Crippen MR) is 151 cm³/mol. The Kier molecular flexibility index (Phi) is 9.79. The van der Waals surface area contributed by atoms with E-state index >= 15 is 4.39 Å². The van der Waals surface area contributed by atoms with Gasteiger partial charge in [0.2, 0.25) is 0 Å². The monoisotopic (exact) mass is 648 g/mol. The Labute approximate surface area is 248 Å². The fourth-order valence-corrected chi connectivity index (χ4v) is 6.67. The van der Waals surface area contributed by atoms with E-state index < -0.39 is 79.2 Å². The maximum Gasteiger partial charge on any atom is 0.351 e. The highest BCUT2D eigenvalue weighted by Gasteiger charge is 2.62. The summed E-state index contributed by atoms with van der Waals surface area (Å²) in [7, 11) is 0. The number of nitrogens with zero attached hydrogens (tertiary/aromatic N) is 2. The molecule has 1 aromatic heterocycles. The minimum absolute atomic E-state index is 0.147. The quantitative estimate of drug-likeness (QED) is 0.159. The normalized spacial score (nSPS) is 24.3. The lowest BCUT2D eigenvalue weighted by Gasteiger charge is -2.34. The first-order valence-corrected chi connectivity index (χ1v) is 15.5. The van der Waals surface area contributed by atoms with Crippen LogP contribution in [0.15, 0.2) is 53.5 Å². The number of nitrogens with one attached hydrogen (secondary N) is 1. The molecule has 43 heavy (non-hydrogen) atoms. The number of aliphatic hydroxyl groups is 1. The van der Waals surface area contributed by atoms with E-state index in [0.717, 1.165) is 10.8 Å².